The fourth-order valence-corrected chi connectivity index (χ4v) is 1.26. The van der Waals surface area contributed by atoms with Gasteiger partial charge in [-0.15, -0.1) is 0 Å². The predicted octanol–water partition coefficient (Wildman–Crippen LogP) is 0.648. The van der Waals surface area contributed by atoms with Gasteiger partial charge in [0.2, 0.25) is 5.60 Å². The third-order valence-corrected chi connectivity index (χ3v) is 2.08. The van der Waals surface area contributed by atoms with Crippen LogP contribution in [0.3, 0.4) is 0 Å². The molecule has 0 N–H and O–H groups in total. The molecule has 0 aromatic carbocycles. The Hall–Kier alpha value is -1.59. The van der Waals surface area contributed by atoms with Gasteiger partial charge in [-0.1, -0.05) is 5.16 Å². The van der Waals surface area contributed by atoms with E-state index in [9.17, 15) is 9.59 Å². The van der Waals surface area contributed by atoms with Crippen LogP contribution in [0, 0.1) is 0 Å². The van der Waals surface area contributed by atoms with E-state index in [0.29, 0.717) is 0 Å². The molecule has 16 heavy (non-hydrogen) atoms. The van der Waals surface area contributed by atoms with Gasteiger partial charge in [-0.25, -0.2) is 9.59 Å². The first-order valence-corrected chi connectivity index (χ1v) is 5.13. The molecule has 90 valence electrons. The maximum Gasteiger partial charge on any atom is 0.356 e. The van der Waals surface area contributed by atoms with Crippen molar-refractivity contribution in [3.8, 4) is 0 Å². The van der Waals surface area contributed by atoms with Crippen LogP contribution in [0.2, 0.25) is 0 Å². The van der Waals surface area contributed by atoms with Crippen LogP contribution in [0.4, 0.5) is 0 Å². The van der Waals surface area contributed by atoms with Crippen LogP contribution in [-0.4, -0.2) is 36.5 Å². The van der Waals surface area contributed by atoms with Crippen LogP contribution in [0.1, 0.15) is 27.2 Å². The molecule has 0 unspecified atom stereocenters. The van der Waals surface area contributed by atoms with E-state index in [4.69, 9.17) is 14.3 Å². The van der Waals surface area contributed by atoms with Gasteiger partial charge in [-0.3, -0.25) is 0 Å². The van der Waals surface area contributed by atoms with Crippen molar-refractivity contribution >= 4 is 17.7 Å². The number of esters is 2. The molecule has 0 bridgehead atoms. The number of nitrogens with zero attached hydrogens (tertiary/aromatic N) is 1. The topological polar surface area (TPSA) is 74.2 Å². The van der Waals surface area contributed by atoms with Crippen molar-refractivity contribution in [2.45, 2.75) is 32.8 Å². The summed E-state index contributed by atoms with van der Waals surface area (Å²) in [4.78, 5) is 27.8. The smallest absolute Gasteiger partial charge is 0.356 e. The summed E-state index contributed by atoms with van der Waals surface area (Å²) in [5.41, 5.74) is -1.10. The number of oxime groups is 1. The Balaban J connectivity index is 2.61. The highest BCUT2D eigenvalue weighted by Gasteiger charge is 2.45. The Morgan fingerprint density at radius 3 is 2.56 bits per heavy atom. The van der Waals surface area contributed by atoms with Gasteiger partial charge in [0.25, 0.3) is 0 Å². The summed E-state index contributed by atoms with van der Waals surface area (Å²) in [5.74, 6) is -1.09. The lowest BCUT2D eigenvalue weighted by Gasteiger charge is -2.18. The molecule has 0 saturated heterocycles. The summed E-state index contributed by atoms with van der Waals surface area (Å²) < 4.78 is 9.58. The monoisotopic (exact) mass is 229 g/mol. The highest BCUT2D eigenvalue weighted by Crippen LogP contribution is 2.25. The summed E-state index contributed by atoms with van der Waals surface area (Å²) >= 11 is 0. The van der Waals surface area contributed by atoms with Crippen molar-refractivity contribution in [2.75, 3.05) is 13.2 Å². The number of ether oxygens (including phenoxy) is 2. The molecule has 0 spiro atoms. The average Bonchev–Trinajstić information content (AvgIpc) is 2.63. The Bertz CT molecular complexity index is 325. The first-order chi connectivity index (χ1) is 7.53. The van der Waals surface area contributed by atoms with Gasteiger partial charge in [-0.05, 0) is 20.8 Å². The van der Waals surface area contributed by atoms with Crippen molar-refractivity contribution in [3.05, 3.63) is 0 Å². The molecule has 1 rings (SSSR count). The van der Waals surface area contributed by atoms with Crippen LogP contribution < -0.4 is 0 Å². The van der Waals surface area contributed by atoms with Crippen LogP contribution in [0.5, 0.6) is 0 Å². The van der Waals surface area contributed by atoms with E-state index in [1.54, 1.807) is 13.8 Å². The zero-order valence-corrected chi connectivity index (χ0v) is 9.61. The van der Waals surface area contributed by atoms with Gasteiger partial charge < -0.3 is 14.3 Å². The molecule has 6 heteroatoms. The normalized spacial score (nSPS) is 23.3. The lowest BCUT2D eigenvalue weighted by Crippen LogP contribution is -2.38. The van der Waals surface area contributed by atoms with Crippen LogP contribution in [0.25, 0.3) is 0 Å². The maximum absolute atomic E-state index is 11.5. The van der Waals surface area contributed by atoms with E-state index in [1.165, 1.54) is 6.92 Å². The van der Waals surface area contributed by atoms with E-state index in [1.807, 2.05) is 0 Å². The molecule has 1 aliphatic heterocycles. The minimum absolute atomic E-state index is 0.0741. The third-order valence-electron chi connectivity index (χ3n) is 2.08. The molecule has 0 aromatic rings. The first kappa shape index (κ1) is 12.5. The predicted molar refractivity (Wildman–Crippen MR) is 54.8 cm³/mol. The number of rotatable bonds is 4. The van der Waals surface area contributed by atoms with Crippen molar-refractivity contribution in [3.63, 3.8) is 0 Å². The summed E-state index contributed by atoms with van der Waals surface area (Å²) in [7, 11) is 0. The molecular weight excluding hydrogens is 214 g/mol. The van der Waals surface area contributed by atoms with Crippen molar-refractivity contribution < 1.29 is 23.9 Å². The standard InChI is InChI=1S/C10H15NO5/c1-4-14-8(12)7-6-10(3,16-11-7)9(13)15-5-2/h4-6H2,1-3H3/t10-/m0/s1. The van der Waals surface area contributed by atoms with E-state index in [-0.39, 0.29) is 25.3 Å². The van der Waals surface area contributed by atoms with Crippen molar-refractivity contribution in [2.24, 2.45) is 5.16 Å². The quantitative estimate of drug-likeness (QED) is 0.661. The van der Waals surface area contributed by atoms with Gasteiger partial charge >= 0.3 is 11.9 Å². The Morgan fingerprint density at radius 1 is 1.38 bits per heavy atom. The number of hydrogen-bond donors (Lipinski definition) is 0. The minimum atomic E-state index is -1.21. The fourth-order valence-electron chi connectivity index (χ4n) is 1.26. The molecule has 0 fully saturated rings. The van der Waals surface area contributed by atoms with Gasteiger partial charge in [0, 0.05) is 0 Å². The van der Waals surface area contributed by atoms with Gasteiger partial charge in [0.15, 0.2) is 5.71 Å². The average molecular weight is 229 g/mol. The molecule has 1 aliphatic rings. The van der Waals surface area contributed by atoms with E-state index in [2.05, 4.69) is 5.16 Å². The summed E-state index contributed by atoms with van der Waals surface area (Å²) in [6, 6.07) is 0. The van der Waals surface area contributed by atoms with Crippen molar-refractivity contribution in [1.82, 2.24) is 0 Å². The van der Waals surface area contributed by atoms with E-state index < -0.39 is 17.5 Å². The molecule has 0 amide bonds. The van der Waals surface area contributed by atoms with Crippen LogP contribution >= 0.6 is 0 Å². The Morgan fingerprint density at radius 2 is 2.00 bits per heavy atom. The lowest BCUT2D eigenvalue weighted by atomic mass is 10.0. The summed E-state index contributed by atoms with van der Waals surface area (Å²) in [6.45, 7) is 5.43. The van der Waals surface area contributed by atoms with Gasteiger partial charge in [-0.2, -0.15) is 0 Å². The molecule has 6 nitrogen and oxygen atoms in total. The van der Waals surface area contributed by atoms with E-state index >= 15 is 0 Å². The zero-order valence-electron chi connectivity index (χ0n) is 9.61. The third kappa shape index (κ3) is 2.50. The largest absolute Gasteiger partial charge is 0.463 e. The van der Waals surface area contributed by atoms with Gasteiger partial charge in [0.05, 0.1) is 19.6 Å². The first-order valence-electron chi connectivity index (χ1n) is 5.13. The maximum atomic E-state index is 11.5. The minimum Gasteiger partial charge on any atom is -0.463 e. The second kappa shape index (κ2) is 4.96. The SMILES string of the molecule is CCOC(=O)C1=NO[C@](C)(C(=O)OCC)C1. The van der Waals surface area contributed by atoms with E-state index in [0.717, 1.165) is 0 Å². The van der Waals surface area contributed by atoms with Crippen molar-refractivity contribution in [1.29, 1.82) is 0 Å². The molecule has 0 radical (unpaired) electrons. The lowest BCUT2D eigenvalue weighted by molar-refractivity contribution is -0.166. The molecule has 0 saturated carbocycles. The zero-order chi connectivity index (χ0) is 12.2. The number of carbonyl (C=O) groups excluding carboxylic acids is 2. The molecule has 1 heterocycles. The number of carbonyl (C=O) groups is 2. The molecule has 0 aromatic heterocycles. The molecule has 0 aliphatic carbocycles. The summed E-state index contributed by atoms with van der Waals surface area (Å²) in [6.07, 6.45) is 0.0741. The Labute approximate surface area is 93.5 Å². The Kier molecular flexibility index (Phi) is 3.87. The highest BCUT2D eigenvalue weighted by molar-refractivity contribution is 6.37. The second-order valence-electron chi connectivity index (χ2n) is 3.48. The second-order valence-corrected chi connectivity index (χ2v) is 3.48. The van der Waals surface area contributed by atoms with Crippen LogP contribution in [0.15, 0.2) is 5.16 Å². The fraction of sp³-hybridized carbons (Fsp3) is 0.700. The highest BCUT2D eigenvalue weighted by atomic mass is 16.7. The molecule has 1 atom stereocenters. The molecular formula is C10H15NO5. The number of hydrogen-bond acceptors (Lipinski definition) is 6. The van der Waals surface area contributed by atoms with Gasteiger partial charge in [0.1, 0.15) is 0 Å². The summed E-state index contributed by atoms with van der Waals surface area (Å²) in [5, 5.41) is 3.55. The van der Waals surface area contributed by atoms with Crippen LogP contribution in [-0.2, 0) is 23.9 Å².